The summed E-state index contributed by atoms with van der Waals surface area (Å²) in [7, 11) is 0. The Balaban J connectivity index is 2.35. The van der Waals surface area contributed by atoms with E-state index in [2.05, 4.69) is 26.5 Å². The third-order valence-electron chi connectivity index (χ3n) is 3.02. The van der Waals surface area contributed by atoms with Gasteiger partial charge in [0.1, 0.15) is 0 Å². The van der Waals surface area contributed by atoms with Gasteiger partial charge in [-0.2, -0.15) is 0 Å². The second-order valence-electron chi connectivity index (χ2n) is 4.79. The fourth-order valence-electron chi connectivity index (χ4n) is 1.66. The molecule has 1 atom stereocenters. The van der Waals surface area contributed by atoms with E-state index in [1.165, 1.54) is 5.56 Å². The fourth-order valence-corrected chi connectivity index (χ4v) is 1.66. The maximum absolute atomic E-state index is 5.82. The van der Waals surface area contributed by atoms with Gasteiger partial charge in [-0.15, -0.1) is 0 Å². The fraction of sp³-hybridized carbons (Fsp3) is 0.429. The second-order valence-corrected chi connectivity index (χ2v) is 4.79. The summed E-state index contributed by atoms with van der Waals surface area (Å²) in [5.74, 6) is 1.40. The average Bonchev–Trinajstić information content (AvgIpc) is 2.54. The van der Waals surface area contributed by atoms with Crippen LogP contribution in [0, 0.1) is 0 Å². The standard InChI is InChI=1S/C14H18O2/c1-9(2)11-6-7-12-13(8-11)16-14(5,15-12)10(3)4/h6-9H,3H2,1-2,4-5H3. The van der Waals surface area contributed by atoms with Gasteiger partial charge in [0, 0.05) is 12.5 Å². The Morgan fingerprint density at radius 2 is 1.88 bits per heavy atom. The highest BCUT2D eigenvalue weighted by molar-refractivity contribution is 5.47. The first-order chi connectivity index (χ1) is 7.42. The molecule has 0 aromatic heterocycles. The number of hydrogen-bond donors (Lipinski definition) is 0. The summed E-state index contributed by atoms with van der Waals surface area (Å²) in [5.41, 5.74) is 2.13. The van der Waals surface area contributed by atoms with Crippen molar-refractivity contribution < 1.29 is 9.47 Å². The van der Waals surface area contributed by atoms with Crippen molar-refractivity contribution in [2.45, 2.75) is 39.4 Å². The summed E-state index contributed by atoms with van der Waals surface area (Å²) in [6.07, 6.45) is 0. The van der Waals surface area contributed by atoms with Crippen LogP contribution in [0.3, 0.4) is 0 Å². The Kier molecular flexibility index (Phi) is 2.45. The number of hydrogen-bond acceptors (Lipinski definition) is 2. The van der Waals surface area contributed by atoms with E-state index in [1.54, 1.807) is 0 Å². The lowest BCUT2D eigenvalue weighted by Gasteiger charge is -2.22. The van der Waals surface area contributed by atoms with E-state index < -0.39 is 5.79 Å². The zero-order chi connectivity index (χ0) is 11.9. The van der Waals surface area contributed by atoms with Crippen molar-refractivity contribution in [3.8, 4) is 11.5 Å². The van der Waals surface area contributed by atoms with Gasteiger partial charge in [0.2, 0.25) is 0 Å². The van der Waals surface area contributed by atoms with Gasteiger partial charge in [0.25, 0.3) is 5.79 Å². The van der Waals surface area contributed by atoms with Crippen LogP contribution in [-0.2, 0) is 0 Å². The minimum absolute atomic E-state index is 0.491. The number of fused-ring (bicyclic) bond motifs is 1. The highest BCUT2D eigenvalue weighted by Gasteiger charge is 2.37. The number of ether oxygens (including phenoxy) is 2. The average molecular weight is 218 g/mol. The lowest BCUT2D eigenvalue weighted by atomic mass is 10.0. The molecule has 0 amide bonds. The molecule has 0 spiro atoms. The van der Waals surface area contributed by atoms with Crippen molar-refractivity contribution in [2.24, 2.45) is 0 Å². The van der Waals surface area contributed by atoms with Crippen LogP contribution >= 0.6 is 0 Å². The lowest BCUT2D eigenvalue weighted by Crippen LogP contribution is -2.35. The minimum Gasteiger partial charge on any atom is -0.445 e. The van der Waals surface area contributed by atoms with Crippen LogP contribution in [0.15, 0.2) is 30.4 Å². The van der Waals surface area contributed by atoms with Crippen molar-refractivity contribution in [3.63, 3.8) is 0 Å². The molecule has 2 rings (SSSR count). The molecule has 86 valence electrons. The molecule has 0 aliphatic carbocycles. The summed E-state index contributed by atoms with van der Waals surface area (Å²) >= 11 is 0. The molecule has 16 heavy (non-hydrogen) atoms. The molecule has 2 heteroatoms. The molecule has 0 bridgehead atoms. The Bertz CT molecular complexity index is 434. The van der Waals surface area contributed by atoms with Gasteiger partial charge in [-0.1, -0.05) is 26.5 Å². The Hall–Kier alpha value is -1.44. The maximum atomic E-state index is 5.82. The topological polar surface area (TPSA) is 18.5 Å². The molecule has 1 aliphatic rings. The highest BCUT2D eigenvalue weighted by atomic mass is 16.7. The molecule has 0 N–H and O–H groups in total. The monoisotopic (exact) mass is 218 g/mol. The first-order valence-electron chi connectivity index (χ1n) is 5.60. The summed E-state index contributed by atoms with van der Waals surface area (Å²) in [4.78, 5) is 0. The van der Waals surface area contributed by atoms with Crippen LogP contribution in [0.25, 0.3) is 0 Å². The summed E-state index contributed by atoms with van der Waals surface area (Å²) < 4.78 is 11.6. The van der Waals surface area contributed by atoms with E-state index in [0.29, 0.717) is 5.92 Å². The lowest BCUT2D eigenvalue weighted by molar-refractivity contribution is -0.0252. The number of rotatable bonds is 2. The second kappa shape index (κ2) is 3.55. The SMILES string of the molecule is C=C(C)C1(C)Oc2ccc(C(C)C)cc2O1. The highest BCUT2D eigenvalue weighted by Crippen LogP contribution is 2.42. The van der Waals surface area contributed by atoms with E-state index in [-0.39, 0.29) is 0 Å². The molecule has 1 aromatic carbocycles. The van der Waals surface area contributed by atoms with Gasteiger partial charge in [-0.25, -0.2) is 0 Å². The van der Waals surface area contributed by atoms with Crippen molar-refractivity contribution in [1.82, 2.24) is 0 Å². The number of benzene rings is 1. The summed E-state index contributed by atoms with van der Waals surface area (Å²) in [6, 6.07) is 6.10. The molecule has 1 heterocycles. The molecule has 1 aromatic rings. The molecule has 0 radical (unpaired) electrons. The third kappa shape index (κ3) is 1.69. The zero-order valence-electron chi connectivity index (χ0n) is 10.3. The Morgan fingerprint density at radius 1 is 1.25 bits per heavy atom. The van der Waals surface area contributed by atoms with E-state index in [0.717, 1.165) is 17.1 Å². The van der Waals surface area contributed by atoms with E-state index in [4.69, 9.17) is 9.47 Å². The zero-order valence-corrected chi connectivity index (χ0v) is 10.3. The predicted molar refractivity (Wildman–Crippen MR) is 65.0 cm³/mol. The normalized spacial score (nSPS) is 22.6. The van der Waals surface area contributed by atoms with Gasteiger partial charge >= 0.3 is 0 Å². The Labute approximate surface area is 96.9 Å². The van der Waals surface area contributed by atoms with Crippen molar-refractivity contribution >= 4 is 0 Å². The van der Waals surface area contributed by atoms with Gasteiger partial charge in [-0.05, 0) is 30.5 Å². The van der Waals surface area contributed by atoms with Gasteiger partial charge in [-0.3, -0.25) is 0 Å². The Morgan fingerprint density at radius 3 is 2.44 bits per heavy atom. The molecular weight excluding hydrogens is 200 g/mol. The van der Waals surface area contributed by atoms with Crippen LogP contribution in [0.5, 0.6) is 11.5 Å². The third-order valence-corrected chi connectivity index (χ3v) is 3.02. The quantitative estimate of drug-likeness (QED) is 0.701. The van der Waals surface area contributed by atoms with Crippen molar-refractivity contribution in [3.05, 3.63) is 35.9 Å². The van der Waals surface area contributed by atoms with Crippen LogP contribution in [-0.4, -0.2) is 5.79 Å². The van der Waals surface area contributed by atoms with Crippen LogP contribution < -0.4 is 9.47 Å². The van der Waals surface area contributed by atoms with Crippen molar-refractivity contribution in [2.75, 3.05) is 0 Å². The predicted octanol–water partition coefficient (Wildman–Crippen LogP) is 3.87. The van der Waals surface area contributed by atoms with Crippen LogP contribution in [0.4, 0.5) is 0 Å². The first-order valence-corrected chi connectivity index (χ1v) is 5.60. The summed E-state index contributed by atoms with van der Waals surface area (Å²) in [5, 5.41) is 0. The molecule has 1 unspecified atom stereocenters. The van der Waals surface area contributed by atoms with E-state index in [1.807, 2.05) is 26.0 Å². The largest absolute Gasteiger partial charge is 0.445 e. The maximum Gasteiger partial charge on any atom is 0.270 e. The van der Waals surface area contributed by atoms with Gasteiger partial charge < -0.3 is 9.47 Å². The summed E-state index contributed by atoms with van der Waals surface area (Å²) in [6.45, 7) is 12.0. The van der Waals surface area contributed by atoms with Gasteiger partial charge in [0.15, 0.2) is 11.5 Å². The molecule has 2 nitrogen and oxygen atoms in total. The molecule has 0 saturated carbocycles. The van der Waals surface area contributed by atoms with Crippen LogP contribution in [0.2, 0.25) is 0 Å². The van der Waals surface area contributed by atoms with Crippen molar-refractivity contribution in [1.29, 1.82) is 0 Å². The molecule has 1 aliphatic heterocycles. The van der Waals surface area contributed by atoms with Crippen LogP contribution in [0.1, 0.15) is 39.2 Å². The van der Waals surface area contributed by atoms with E-state index >= 15 is 0 Å². The van der Waals surface area contributed by atoms with Gasteiger partial charge in [0.05, 0.1) is 0 Å². The molecule has 0 saturated heterocycles. The minimum atomic E-state index is -0.710. The van der Waals surface area contributed by atoms with E-state index in [9.17, 15) is 0 Å². The molecule has 0 fully saturated rings. The first kappa shape index (κ1) is 11.1. The molecular formula is C14H18O2. The smallest absolute Gasteiger partial charge is 0.270 e.